The number of benzene rings is 1. The highest BCUT2D eigenvalue weighted by Crippen LogP contribution is 2.23. The van der Waals surface area contributed by atoms with Crippen LogP contribution < -0.4 is 0 Å². The molecule has 1 rings (SSSR count). The van der Waals surface area contributed by atoms with E-state index < -0.39 is 27.0 Å². The van der Waals surface area contributed by atoms with Gasteiger partial charge in [0.25, 0.3) is 0 Å². The molecule has 1 aromatic carbocycles. The van der Waals surface area contributed by atoms with Gasteiger partial charge in [-0.1, -0.05) is 12.1 Å². The quantitative estimate of drug-likeness (QED) is 0.881. The minimum Gasteiger partial charge on any atom is -0.387 e. The predicted molar refractivity (Wildman–Crippen MR) is 60.4 cm³/mol. The van der Waals surface area contributed by atoms with Crippen LogP contribution in [-0.2, 0) is 9.84 Å². The van der Waals surface area contributed by atoms with Crippen LogP contribution in [0.2, 0.25) is 0 Å². The molecule has 0 bridgehead atoms. The SMILES string of the molecule is Cc1ccc(C(O)C(C)S(C)(=O)=O)cc1F. The lowest BCUT2D eigenvalue weighted by Crippen LogP contribution is -2.24. The maximum absolute atomic E-state index is 13.2. The molecular weight excluding hydrogens is 231 g/mol. The summed E-state index contributed by atoms with van der Waals surface area (Å²) in [6.07, 6.45) is -0.157. The molecule has 0 aliphatic carbocycles. The fourth-order valence-corrected chi connectivity index (χ4v) is 1.92. The van der Waals surface area contributed by atoms with Crippen LogP contribution in [0.15, 0.2) is 18.2 Å². The van der Waals surface area contributed by atoms with Crippen LogP contribution >= 0.6 is 0 Å². The molecular formula is C11H15FO3S. The zero-order chi connectivity index (χ0) is 12.5. The van der Waals surface area contributed by atoms with Crippen molar-refractivity contribution in [1.29, 1.82) is 0 Å². The number of aliphatic hydroxyl groups excluding tert-OH is 1. The molecule has 2 unspecified atom stereocenters. The van der Waals surface area contributed by atoms with Gasteiger partial charge >= 0.3 is 0 Å². The van der Waals surface area contributed by atoms with Gasteiger partial charge in [-0.15, -0.1) is 0 Å². The van der Waals surface area contributed by atoms with Crippen molar-refractivity contribution >= 4 is 9.84 Å². The molecule has 3 nitrogen and oxygen atoms in total. The van der Waals surface area contributed by atoms with Crippen LogP contribution in [0.1, 0.15) is 24.2 Å². The maximum Gasteiger partial charge on any atom is 0.152 e. The number of halogens is 1. The molecule has 90 valence electrons. The van der Waals surface area contributed by atoms with Crippen LogP contribution in [-0.4, -0.2) is 25.0 Å². The summed E-state index contributed by atoms with van der Waals surface area (Å²) >= 11 is 0. The van der Waals surface area contributed by atoms with Gasteiger partial charge in [-0.25, -0.2) is 12.8 Å². The highest BCUT2D eigenvalue weighted by molar-refractivity contribution is 7.91. The summed E-state index contributed by atoms with van der Waals surface area (Å²) in [4.78, 5) is 0. The van der Waals surface area contributed by atoms with Crippen molar-refractivity contribution < 1.29 is 17.9 Å². The first-order valence-corrected chi connectivity index (χ1v) is 6.82. The summed E-state index contributed by atoms with van der Waals surface area (Å²) in [6.45, 7) is 3.00. The monoisotopic (exact) mass is 246 g/mol. The third kappa shape index (κ3) is 2.80. The van der Waals surface area contributed by atoms with E-state index in [1.54, 1.807) is 6.92 Å². The van der Waals surface area contributed by atoms with Gasteiger partial charge in [-0.2, -0.15) is 0 Å². The molecule has 1 N–H and O–H groups in total. The van der Waals surface area contributed by atoms with E-state index in [9.17, 15) is 17.9 Å². The van der Waals surface area contributed by atoms with Gasteiger partial charge in [0.2, 0.25) is 0 Å². The molecule has 0 saturated carbocycles. The Morgan fingerprint density at radius 2 is 1.94 bits per heavy atom. The second kappa shape index (κ2) is 4.51. The highest BCUT2D eigenvalue weighted by Gasteiger charge is 2.25. The van der Waals surface area contributed by atoms with Gasteiger partial charge in [-0.05, 0) is 31.0 Å². The molecule has 0 aromatic heterocycles. The number of aliphatic hydroxyl groups is 1. The van der Waals surface area contributed by atoms with Crippen molar-refractivity contribution in [3.05, 3.63) is 35.1 Å². The molecule has 0 fully saturated rings. The Balaban J connectivity index is 3.06. The Bertz CT molecular complexity index is 482. The molecule has 1 aromatic rings. The number of aryl methyl sites for hydroxylation is 1. The topological polar surface area (TPSA) is 54.4 Å². The first kappa shape index (κ1) is 13.1. The van der Waals surface area contributed by atoms with Crippen molar-refractivity contribution in [1.82, 2.24) is 0 Å². The smallest absolute Gasteiger partial charge is 0.152 e. The van der Waals surface area contributed by atoms with Crippen molar-refractivity contribution in [2.75, 3.05) is 6.26 Å². The second-order valence-corrected chi connectivity index (χ2v) is 6.39. The molecule has 0 spiro atoms. The van der Waals surface area contributed by atoms with E-state index in [-0.39, 0.29) is 5.56 Å². The molecule has 0 aliphatic heterocycles. The average molecular weight is 246 g/mol. The molecule has 0 radical (unpaired) electrons. The minimum absolute atomic E-state index is 0.279. The lowest BCUT2D eigenvalue weighted by Gasteiger charge is -2.17. The van der Waals surface area contributed by atoms with Crippen LogP contribution in [0.25, 0.3) is 0 Å². The number of hydrogen-bond donors (Lipinski definition) is 1. The average Bonchev–Trinajstić information content (AvgIpc) is 2.18. The molecule has 0 aliphatic rings. The largest absolute Gasteiger partial charge is 0.387 e. The van der Waals surface area contributed by atoms with E-state index in [1.807, 2.05) is 0 Å². The summed E-state index contributed by atoms with van der Waals surface area (Å²) in [5.74, 6) is -0.447. The molecule has 16 heavy (non-hydrogen) atoms. The Morgan fingerprint density at radius 1 is 1.38 bits per heavy atom. The zero-order valence-electron chi connectivity index (χ0n) is 9.44. The van der Waals surface area contributed by atoms with Crippen LogP contribution in [0.4, 0.5) is 4.39 Å². The highest BCUT2D eigenvalue weighted by atomic mass is 32.2. The van der Waals surface area contributed by atoms with Crippen LogP contribution in [0.5, 0.6) is 0 Å². The van der Waals surface area contributed by atoms with E-state index in [1.165, 1.54) is 25.1 Å². The van der Waals surface area contributed by atoms with Crippen molar-refractivity contribution in [3.8, 4) is 0 Å². The molecule has 0 saturated heterocycles. The first-order valence-electron chi connectivity index (χ1n) is 4.86. The van der Waals surface area contributed by atoms with Crippen molar-refractivity contribution in [2.24, 2.45) is 0 Å². The fourth-order valence-electron chi connectivity index (χ4n) is 1.30. The third-order valence-electron chi connectivity index (χ3n) is 2.66. The van der Waals surface area contributed by atoms with E-state index in [4.69, 9.17) is 0 Å². The third-order valence-corrected chi connectivity index (χ3v) is 4.27. The number of hydrogen-bond acceptors (Lipinski definition) is 3. The number of rotatable bonds is 3. The van der Waals surface area contributed by atoms with Gasteiger partial charge in [0, 0.05) is 6.26 Å². The Morgan fingerprint density at radius 3 is 2.38 bits per heavy atom. The van der Waals surface area contributed by atoms with Crippen LogP contribution in [0, 0.1) is 12.7 Å². The van der Waals surface area contributed by atoms with Gasteiger partial charge < -0.3 is 5.11 Å². The van der Waals surface area contributed by atoms with Gasteiger partial charge in [0.05, 0.1) is 11.4 Å². The van der Waals surface area contributed by atoms with Gasteiger partial charge in [0.15, 0.2) is 9.84 Å². The minimum atomic E-state index is -3.35. The summed E-state index contributed by atoms with van der Waals surface area (Å²) < 4.78 is 35.7. The summed E-state index contributed by atoms with van der Waals surface area (Å²) in [5, 5.41) is 8.84. The standard InChI is InChI=1S/C11H15FO3S/c1-7-4-5-9(6-10(7)12)11(13)8(2)16(3,14)15/h4-6,8,11,13H,1-3H3. The summed E-state index contributed by atoms with van der Waals surface area (Å²) in [7, 11) is -3.35. The molecule has 0 amide bonds. The zero-order valence-corrected chi connectivity index (χ0v) is 10.3. The predicted octanol–water partition coefficient (Wildman–Crippen LogP) is 1.60. The lowest BCUT2D eigenvalue weighted by molar-refractivity contribution is 0.175. The Labute approximate surface area is 94.8 Å². The molecule has 5 heteroatoms. The van der Waals surface area contributed by atoms with E-state index in [2.05, 4.69) is 0 Å². The number of sulfone groups is 1. The van der Waals surface area contributed by atoms with Crippen LogP contribution in [0.3, 0.4) is 0 Å². The normalized spacial score (nSPS) is 15.8. The second-order valence-electron chi connectivity index (χ2n) is 3.99. The Kier molecular flexibility index (Phi) is 3.70. The Hall–Kier alpha value is -0.940. The summed E-state index contributed by atoms with van der Waals surface area (Å²) in [5.41, 5.74) is 0.740. The maximum atomic E-state index is 13.2. The fraction of sp³-hybridized carbons (Fsp3) is 0.455. The van der Waals surface area contributed by atoms with Gasteiger partial charge in [0.1, 0.15) is 5.82 Å². The van der Waals surface area contributed by atoms with Crippen molar-refractivity contribution in [2.45, 2.75) is 25.2 Å². The van der Waals surface area contributed by atoms with Gasteiger partial charge in [-0.3, -0.25) is 0 Å². The van der Waals surface area contributed by atoms with E-state index >= 15 is 0 Å². The lowest BCUT2D eigenvalue weighted by atomic mass is 10.1. The molecule has 0 heterocycles. The first-order chi connectivity index (χ1) is 7.23. The molecule has 2 atom stereocenters. The summed E-state index contributed by atoms with van der Waals surface area (Å²) in [6, 6.07) is 4.22. The van der Waals surface area contributed by atoms with E-state index in [0.29, 0.717) is 5.56 Å². The van der Waals surface area contributed by atoms with E-state index in [0.717, 1.165) is 6.26 Å². The van der Waals surface area contributed by atoms with Crippen molar-refractivity contribution in [3.63, 3.8) is 0 Å².